The molecule has 1 heterocycles. The van der Waals surface area contributed by atoms with Crippen LogP contribution in [0.3, 0.4) is 0 Å². The van der Waals surface area contributed by atoms with Crippen LogP contribution in [-0.4, -0.2) is 44.6 Å². The zero-order chi connectivity index (χ0) is 15.1. The lowest BCUT2D eigenvalue weighted by molar-refractivity contribution is 0.210. The third kappa shape index (κ3) is 5.21. The van der Waals surface area contributed by atoms with Crippen molar-refractivity contribution in [2.75, 3.05) is 33.7 Å². The van der Waals surface area contributed by atoms with Gasteiger partial charge >= 0.3 is 0 Å². The first-order chi connectivity index (χ1) is 10.2. The van der Waals surface area contributed by atoms with Crippen molar-refractivity contribution in [3.05, 3.63) is 34.9 Å². The topological polar surface area (TPSA) is 39.7 Å². The summed E-state index contributed by atoms with van der Waals surface area (Å²) in [7, 11) is 3.99. The molecule has 1 aromatic carbocycles. The quantitative estimate of drug-likeness (QED) is 0.662. The fourth-order valence-electron chi connectivity index (χ4n) is 2.72. The molecule has 1 fully saturated rings. The fourth-order valence-corrected chi connectivity index (χ4v) is 2.92. The molecule has 0 spiro atoms. The standard InChI is InChI=1S/C16H25ClN4/c1-18-16(19-10-13-6-5-9-21(2)12-13)20-11-14-7-3-4-8-15(14)17/h3-4,7-8,13H,5-6,9-12H2,1-2H3,(H2,18,19,20). The van der Waals surface area contributed by atoms with E-state index in [0.717, 1.165) is 29.6 Å². The summed E-state index contributed by atoms with van der Waals surface area (Å²) in [4.78, 5) is 6.67. The van der Waals surface area contributed by atoms with Crippen molar-refractivity contribution in [3.8, 4) is 0 Å². The normalized spacial score (nSPS) is 20.3. The molecule has 0 aromatic heterocycles. The summed E-state index contributed by atoms with van der Waals surface area (Å²) < 4.78 is 0. The summed E-state index contributed by atoms with van der Waals surface area (Å²) >= 11 is 6.16. The Balaban J connectivity index is 1.77. The number of aliphatic imine (C=N–C) groups is 1. The van der Waals surface area contributed by atoms with E-state index < -0.39 is 0 Å². The van der Waals surface area contributed by atoms with Gasteiger partial charge in [-0.1, -0.05) is 29.8 Å². The largest absolute Gasteiger partial charge is 0.356 e. The van der Waals surface area contributed by atoms with E-state index in [1.165, 1.54) is 19.4 Å². The van der Waals surface area contributed by atoms with Crippen molar-refractivity contribution in [2.24, 2.45) is 10.9 Å². The molecule has 4 nitrogen and oxygen atoms in total. The molecule has 1 atom stereocenters. The van der Waals surface area contributed by atoms with Gasteiger partial charge in [0.25, 0.3) is 0 Å². The van der Waals surface area contributed by atoms with Gasteiger partial charge in [-0.25, -0.2) is 0 Å². The van der Waals surface area contributed by atoms with Gasteiger partial charge in [-0.05, 0) is 44.0 Å². The maximum atomic E-state index is 6.16. The minimum Gasteiger partial charge on any atom is -0.356 e. The van der Waals surface area contributed by atoms with Crippen LogP contribution in [0, 0.1) is 5.92 Å². The molecule has 1 aliphatic heterocycles. The fraction of sp³-hybridized carbons (Fsp3) is 0.562. The van der Waals surface area contributed by atoms with Gasteiger partial charge in [-0.15, -0.1) is 0 Å². The summed E-state index contributed by atoms with van der Waals surface area (Å²) in [5.41, 5.74) is 1.08. The van der Waals surface area contributed by atoms with Crippen LogP contribution in [0.5, 0.6) is 0 Å². The van der Waals surface area contributed by atoms with Gasteiger partial charge in [-0.2, -0.15) is 0 Å². The lowest BCUT2D eigenvalue weighted by atomic mass is 9.99. The highest BCUT2D eigenvalue weighted by Gasteiger charge is 2.17. The van der Waals surface area contributed by atoms with Crippen LogP contribution in [-0.2, 0) is 6.54 Å². The number of piperidine rings is 1. The van der Waals surface area contributed by atoms with Gasteiger partial charge in [-0.3, -0.25) is 4.99 Å². The van der Waals surface area contributed by atoms with E-state index in [0.29, 0.717) is 12.5 Å². The van der Waals surface area contributed by atoms with Gasteiger partial charge in [0.2, 0.25) is 0 Å². The number of nitrogens with zero attached hydrogens (tertiary/aromatic N) is 2. The number of rotatable bonds is 4. The third-order valence-corrected chi connectivity index (χ3v) is 4.28. The number of guanidine groups is 1. The lowest BCUT2D eigenvalue weighted by Gasteiger charge is -2.30. The van der Waals surface area contributed by atoms with Crippen molar-refractivity contribution in [3.63, 3.8) is 0 Å². The monoisotopic (exact) mass is 308 g/mol. The smallest absolute Gasteiger partial charge is 0.191 e. The molecule has 5 heteroatoms. The summed E-state index contributed by atoms with van der Waals surface area (Å²) in [5.74, 6) is 1.53. The van der Waals surface area contributed by atoms with Crippen molar-refractivity contribution in [2.45, 2.75) is 19.4 Å². The van der Waals surface area contributed by atoms with Crippen molar-refractivity contribution in [1.29, 1.82) is 0 Å². The number of hydrogen-bond acceptors (Lipinski definition) is 2. The van der Waals surface area contributed by atoms with Gasteiger partial charge in [0, 0.05) is 31.7 Å². The SMILES string of the molecule is CN=C(NCc1ccccc1Cl)NCC1CCCN(C)C1. The van der Waals surface area contributed by atoms with Gasteiger partial charge in [0.15, 0.2) is 5.96 Å². The first-order valence-electron chi connectivity index (χ1n) is 7.55. The average molecular weight is 309 g/mol. The molecular weight excluding hydrogens is 284 g/mol. The Morgan fingerprint density at radius 2 is 2.19 bits per heavy atom. The first-order valence-corrected chi connectivity index (χ1v) is 7.93. The van der Waals surface area contributed by atoms with Crippen LogP contribution in [0.15, 0.2) is 29.3 Å². The van der Waals surface area contributed by atoms with Crippen molar-refractivity contribution >= 4 is 17.6 Å². The second-order valence-corrected chi connectivity index (χ2v) is 6.08. The van der Waals surface area contributed by atoms with E-state index in [1.807, 2.05) is 24.3 Å². The molecule has 1 saturated heterocycles. The van der Waals surface area contributed by atoms with E-state index in [2.05, 4.69) is 27.6 Å². The van der Waals surface area contributed by atoms with Crippen LogP contribution in [0.4, 0.5) is 0 Å². The van der Waals surface area contributed by atoms with Crippen molar-refractivity contribution in [1.82, 2.24) is 15.5 Å². The Bertz CT molecular complexity index is 475. The van der Waals surface area contributed by atoms with E-state index in [4.69, 9.17) is 11.6 Å². The third-order valence-electron chi connectivity index (χ3n) is 3.91. The van der Waals surface area contributed by atoms with Gasteiger partial charge in [0.1, 0.15) is 0 Å². The second-order valence-electron chi connectivity index (χ2n) is 5.67. The second kappa shape index (κ2) is 8.25. The molecule has 116 valence electrons. The molecule has 1 aromatic rings. The summed E-state index contributed by atoms with van der Waals surface area (Å²) in [6, 6.07) is 7.88. The Morgan fingerprint density at radius 1 is 1.38 bits per heavy atom. The molecule has 0 aliphatic carbocycles. The predicted molar refractivity (Wildman–Crippen MR) is 89.9 cm³/mol. The molecule has 0 bridgehead atoms. The Labute approximate surface area is 132 Å². The summed E-state index contributed by atoms with van der Waals surface area (Å²) in [6.07, 6.45) is 2.58. The van der Waals surface area contributed by atoms with Gasteiger partial charge < -0.3 is 15.5 Å². The molecule has 21 heavy (non-hydrogen) atoms. The first kappa shape index (κ1) is 16.1. The van der Waals surface area contributed by atoms with Crippen LogP contribution < -0.4 is 10.6 Å². The Morgan fingerprint density at radius 3 is 2.90 bits per heavy atom. The Kier molecular flexibility index (Phi) is 6.33. The predicted octanol–water partition coefficient (Wildman–Crippen LogP) is 2.35. The van der Waals surface area contributed by atoms with Gasteiger partial charge in [0.05, 0.1) is 0 Å². The Hall–Kier alpha value is -1.26. The van der Waals surface area contributed by atoms with E-state index in [9.17, 15) is 0 Å². The highest BCUT2D eigenvalue weighted by atomic mass is 35.5. The number of likely N-dealkylation sites (tertiary alicyclic amines) is 1. The molecule has 0 radical (unpaired) electrons. The molecule has 2 N–H and O–H groups in total. The zero-order valence-corrected chi connectivity index (χ0v) is 13.7. The average Bonchev–Trinajstić information content (AvgIpc) is 2.49. The van der Waals surface area contributed by atoms with E-state index in [-0.39, 0.29) is 0 Å². The minimum atomic E-state index is 0.684. The zero-order valence-electron chi connectivity index (χ0n) is 12.9. The number of halogens is 1. The maximum Gasteiger partial charge on any atom is 0.191 e. The number of benzene rings is 1. The minimum absolute atomic E-state index is 0.684. The van der Waals surface area contributed by atoms with E-state index >= 15 is 0 Å². The lowest BCUT2D eigenvalue weighted by Crippen LogP contribution is -2.43. The molecule has 1 unspecified atom stereocenters. The van der Waals surface area contributed by atoms with Crippen LogP contribution in [0.1, 0.15) is 18.4 Å². The van der Waals surface area contributed by atoms with E-state index in [1.54, 1.807) is 7.05 Å². The van der Waals surface area contributed by atoms with Crippen molar-refractivity contribution < 1.29 is 0 Å². The van der Waals surface area contributed by atoms with Crippen LogP contribution in [0.2, 0.25) is 5.02 Å². The highest BCUT2D eigenvalue weighted by molar-refractivity contribution is 6.31. The molecule has 0 saturated carbocycles. The van der Waals surface area contributed by atoms with Crippen LogP contribution >= 0.6 is 11.6 Å². The maximum absolute atomic E-state index is 6.16. The highest BCUT2D eigenvalue weighted by Crippen LogP contribution is 2.15. The summed E-state index contributed by atoms with van der Waals surface area (Å²) in [6.45, 7) is 4.03. The number of nitrogens with one attached hydrogen (secondary N) is 2. The molecule has 2 rings (SSSR count). The molecular formula is C16H25ClN4. The van der Waals surface area contributed by atoms with Crippen LogP contribution in [0.25, 0.3) is 0 Å². The molecule has 1 aliphatic rings. The summed E-state index contributed by atoms with van der Waals surface area (Å²) in [5, 5.41) is 7.52. The molecule has 0 amide bonds. The number of hydrogen-bond donors (Lipinski definition) is 2.